The van der Waals surface area contributed by atoms with E-state index >= 15 is 0 Å². The highest BCUT2D eigenvalue weighted by Gasteiger charge is 2.21. The SMILES string of the molecule is CCc1ccc(-c2c(CC)sc3ncnc(N(CCO)CCO)c23)cc1. The van der Waals surface area contributed by atoms with E-state index < -0.39 is 0 Å². The number of aromatic nitrogens is 2. The van der Waals surface area contributed by atoms with Crippen LogP contribution in [0.4, 0.5) is 5.82 Å². The summed E-state index contributed by atoms with van der Waals surface area (Å²) in [5.74, 6) is 0.781. The lowest BCUT2D eigenvalue weighted by molar-refractivity contribution is 0.281. The van der Waals surface area contributed by atoms with Gasteiger partial charge in [0.25, 0.3) is 0 Å². The van der Waals surface area contributed by atoms with Crippen molar-refractivity contribution in [3.05, 3.63) is 41.0 Å². The van der Waals surface area contributed by atoms with E-state index in [2.05, 4.69) is 48.1 Å². The fraction of sp³-hybridized carbons (Fsp3) is 0.400. The highest BCUT2D eigenvalue weighted by atomic mass is 32.1. The molecule has 5 nitrogen and oxygen atoms in total. The summed E-state index contributed by atoms with van der Waals surface area (Å²) in [5, 5.41) is 19.9. The third-order valence-corrected chi connectivity index (χ3v) is 5.79. The molecule has 3 rings (SSSR count). The maximum absolute atomic E-state index is 9.43. The highest BCUT2D eigenvalue weighted by molar-refractivity contribution is 7.19. The number of rotatable bonds is 8. The van der Waals surface area contributed by atoms with Crippen LogP contribution < -0.4 is 4.90 Å². The molecule has 26 heavy (non-hydrogen) atoms. The molecule has 3 aromatic rings. The third-order valence-electron chi connectivity index (χ3n) is 4.55. The molecule has 0 fully saturated rings. The Balaban J connectivity index is 2.22. The van der Waals surface area contributed by atoms with E-state index in [1.54, 1.807) is 17.7 Å². The molecule has 0 aliphatic carbocycles. The molecule has 0 amide bonds. The third kappa shape index (κ3) is 3.58. The van der Waals surface area contributed by atoms with Gasteiger partial charge in [-0.15, -0.1) is 11.3 Å². The Labute approximate surface area is 158 Å². The van der Waals surface area contributed by atoms with Gasteiger partial charge in [0, 0.05) is 23.5 Å². The molecule has 0 saturated carbocycles. The maximum atomic E-state index is 9.43. The molecule has 0 aliphatic rings. The monoisotopic (exact) mass is 371 g/mol. The van der Waals surface area contributed by atoms with Crippen molar-refractivity contribution in [2.45, 2.75) is 26.7 Å². The van der Waals surface area contributed by atoms with Crippen molar-refractivity contribution < 1.29 is 10.2 Å². The fourth-order valence-corrected chi connectivity index (χ4v) is 4.33. The summed E-state index contributed by atoms with van der Waals surface area (Å²) in [5.41, 5.74) is 3.64. The van der Waals surface area contributed by atoms with Crippen LogP contribution in [-0.2, 0) is 12.8 Å². The van der Waals surface area contributed by atoms with Crippen LogP contribution in [0.15, 0.2) is 30.6 Å². The number of thiophene rings is 1. The van der Waals surface area contributed by atoms with Gasteiger partial charge >= 0.3 is 0 Å². The first-order chi connectivity index (χ1) is 12.7. The summed E-state index contributed by atoms with van der Waals surface area (Å²) in [6, 6.07) is 8.67. The molecular weight excluding hydrogens is 346 g/mol. The quantitative estimate of drug-likeness (QED) is 0.636. The molecule has 0 radical (unpaired) electrons. The van der Waals surface area contributed by atoms with Crippen LogP contribution in [-0.4, -0.2) is 46.5 Å². The predicted molar refractivity (Wildman–Crippen MR) is 108 cm³/mol. The van der Waals surface area contributed by atoms with Gasteiger partial charge < -0.3 is 15.1 Å². The van der Waals surface area contributed by atoms with Gasteiger partial charge in [0.05, 0.1) is 18.6 Å². The Bertz CT molecular complexity index is 855. The van der Waals surface area contributed by atoms with Crippen LogP contribution in [0.3, 0.4) is 0 Å². The molecule has 2 heterocycles. The van der Waals surface area contributed by atoms with Gasteiger partial charge in [-0.3, -0.25) is 0 Å². The van der Waals surface area contributed by atoms with E-state index in [0.29, 0.717) is 13.1 Å². The number of benzene rings is 1. The molecule has 1 aromatic carbocycles. The summed E-state index contributed by atoms with van der Waals surface area (Å²) in [6.07, 6.45) is 3.51. The van der Waals surface area contributed by atoms with Gasteiger partial charge in [0.1, 0.15) is 17.0 Å². The number of nitrogens with zero attached hydrogens (tertiary/aromatic N) is 3. The zero-order chi connectivity index (χ0) is 18.5. The molecule has 0 spiro atoms. The topological polar surface area (TPSA) is 69.5 Å². The number of anilines is 1. The molecule has 6 heteroatoms. The van der Waals surface area contributed by atoms with Gasteiger partial charge in [-0.05, 0) is 24.0 Å². The number of fused-ring (bicyclic) bond motifs is 1. The number of hydrogen-bond donors (Lipinski definition) is 2. The number of aryl methyl sites for hydroxylation is 2. The zero-order valence-corrected chi connectivity index (χ0v) is 16.1. The first-order valence-electron chi connectivity index (χ1n) is 9.05. The van der Waals surface area contributed by atoms with Crippen molar-refractivity contribution >= 4 is 27.4 Å². The minimum atomic E-state index is 0.0107. The van der Waals surface area contributed by atoms with Gasteiger partial charge in [-0.25, -0.2) is 9.97 Å². The van der Waals surface area contributed by atoms with E-state index in [9.17, 15) is 10.2 Å². The number of aliphatic hydroxyl groups excluding tert-OH is 2. The number of hydrogen-bond acceptors (Lipinski definition) is 6. The summed E-state index contributed by atoms with van der Waals surface area (Å²) >= 11 is 1.69. The van der Waals surface area contributed by atoms with Gasteiger partial charge in [-0.2, -0.15) is 0 Å². The fourth-order valence-electron chi connectivity index (χ4n) is 3.23. The minimum Gasteiger partial charge on any atom is -0.395 e. The molecule has 138 valence electrons. The molecule has 2 N–H and O–H groups in total. The van der Waals surface area contributed by atoms with E-state index in [0.717, 1.165) is 34.4 Å². The summed E-state index contributed by atoms with van der Waals surface area (Å²) < 4.78 is 0. The lowest BCUT2D eigenvalue weighted by Crippen LogP contribution is -2.30. The smallest absolute Gasteiger partial charge is 0.141 e. The Hall–Kier alpha value is -2.02. The van der Waals surface area contributed by atoms with Crippen LogP contribution in [0.25, 0.3) is 21.3 Å². The van der Waals surface area contributed by atoms with E-state index in [1.165, 1.54) is 16.0 Å². The summed E-state index contributed by atoms with van der Waals surface area (Å²) in [4.78, 5) is 13.2. The van der Waals surface area contributed by atoms with Crippen LogP contribution in [0, 0.1) is 0 Å². The molecule has 2 aromatic heterocycles. The molecule has 0 aliphatic heterocycles. The van der Waals surface area contributed by atoms with Crippen LogP contribution in [0.1, 0.15) is 24.3 Å². The minimum absolute atomic E-state index is 0.0107. The predicted octanol–water partition coefficient (Wildman–Crippen LogP) is 3.27. The Morgan fingerprint density at radius 3 is 2.23 bits per heavy atom. The standard InChI is InChI=1S/C20H25N3O2S/c1-3-14-5-7-15(8-6-14)17-16(4-2)26-20-18(17)19(21-13-22-20)23(9-11-24)10-12-25/h5-8,13,24-25H,3-4,9-12H2,1-2H3. The van der Waals surface area contributed by atoms with E-state index in [-0.39, 0.29) is 13.2 Å². The largest absolute Gasteiger partial charge is 0.395 e. The summed E-state index contributed by atoms with van der Waals surface area (Å²) in [7, 11) is 0. The highest BCUT2D eigenvalue weighted by Crippen LogP contribution is 2.42. The normalized spacial score (nSPS) is 11.2. The first kappa shape index (κ1) is 18.8. The molecule has 0 saturated heterocycles. The maximum Gasteiger partial charge on any atom is 0.141 e. The molecule has 0 bridgehead atoms. The first-order valence-corrected chi connectivity index (χ1v) is 9.87. The Morgan fingerprint density at radius 2 is 1.65 bits per heavy atom. The van der Waals surface area contributed by atoms with Crippen molar-refractivity contribution in [1.82, 2.24) is 9.97 Å². The Morgan fingerprint density at radius 1 is 0.962 bits per heavy atom. The zero-order valence-electron chi connectivity index (χ0n) is 15.3. The van der Waals surface area contributed by atoms with Gasteiger partial charge in [0.2, 0.25) is 0 Å². The van der Waals surface area contributed by atoms with Crippen molar-refractivity contribution in [2.75, 3.05) is 31.2 Å². The van der Waals surface area contributed by atoms with Gasteiger partial charge in [-0.1, -0.05) is 38.1 Å². The molecule has 0 unspecified atom stereocenters. The lowest BCUT2D eigenvalue weighted by atomic mass is 10.00. The second-order valence-electron chi connectivity index (χ2n) is 6.12. The number of aliphatic hydroxyl groups is 2. The Kier molecular flexibility index (Phi) is 6.19. The second kappa shape index (κ2) is 8.58. The second-order valence-corrected chi connectivity index (χ2v) is 7.20. The van der Waals surface area contributed by atoms with Crippen LogP contribution in [0.2, 0.25) is 0 Å². The van der Waals surface area contributed by atoms with Crippen LogP contribution in [0.5, 0.6) is 0 Å². The molecule has 0 atom stereocenters. The average Bonchev–Trinajstić information content (AvgIpc) is 3.06. The van der Waals surface area contributed by atoms with Crippen molar-refractivity contribution in [1.29, 1.82) is 0 Å². The average molecular weight is 372 g/mol. The van der Waals surface area contributed by atoms with Crippen molar-refractivity contribution in [3.8, 4) is 11.1 Å². The lowest BCUT2D eigenvalue weighted by Gasteiger charge is -2.23. The van der Waals surface area contributed by atoms with Crippen molar-refractivity contribution in [3.63, 3.8) is 0 Å². The van der Waals surface area contributed by atoms with E-state index in [1.807, 2.05) is 4.90 Å². The summed E-state index contributed by atoms with van der Waals surface area (Å²) in [6.45, 7) is 5.19. The van der Waals surface area contributed by atoms with E-state index in [4.69, 9.17) is 0 Å². The van der Waals surface area contributed by atoms with Crippen molar-refractivity contribution in [2.24, 2.45) is 0 Å². The van der Waals surface area contributed by atoms with Crippen LogP contribution >= 0.6 is 11.3 Å². The van der Waals surface area contributed by atoms with Gasteiger partial charge in [0.15, 0.2) is 0 Å². The molecular formula is C20H25N3O2S.